The summed E-state index contributed by atoms with van der Waals surface area (Å²) in [6, 6.07) is 10.6. The molecule has 0 unspecified atom stereocenters. The van der Waals surface area contributed by atoms with Gasteiger partial charge >= 0.3 is 5.97 Å². The number of nitrogens with zero attached hydrogens (tertiary/aromatic N) is 2. The maximum atomic E-state index is 13.5. The summed E-state index contributed by atoms with van der Waals surface area (Å²) < 4.78 is 14.0. The summed E-state index contributed by atoms with van der Waals surface area (Å²) in [5.41, 5.74) is 1.36. The number of para-hydroxylation sites is 1. The van der Waals surface area contributed by atoms with Gasteiger partial charge in [0, 0.05) is 10.4 Å². The molecule has 0 amide bonds. The van der Waals surface area contributed by atoms with Crippen molar-refractivity contribution >= 4 is 50.6 Å². The number of halogens is 1. The van der Waals surface area contributed by atoms with Crippen LogP contribution in [0.5, 0.6) is 5.75 Å². The third kappa shape index (κ3) is 4.05. The molecule has 1 aromatic carbocycles. The Morgan fingerprint density at radius 3 is 2.71 bits per heavy atom. The zero-order valence-electron chi connectivity index (χ0n) is 17.0. The lowest BCUT2D eigenvalue weighted by Gasteiger charge is -2.25. The number of ether oxygens (including phenoxy) is 2. The zero-order chi connectivity index (χ0) is 22.1. The first-order valence-electron chi connectivity index (χ1n) is 9.52. The standard InChI is InChI=1S/C22H19BrN2O4S2/c1-4-29-21(27)18-12(2)24-22-25(19(18)14-7-5-6-8-15(14)28-3)20(26)16(31-22)11-13-9-10-17(23)30-13/h5-11,19H,4H2,1-3H3/b16-11+/t19-/m1/s1. The molecule has 0 bridgehead atoms. The number of thiophene rings is 1. The number of aromatic nitrogens is 1. The van der Waals surface area contributed by atoms with E-state index in [0.717, 1.165) is 8.66 Å². The Morgan fingerprint density at radius 1 is 1.26 bits per heavy atom. The molecule has 3 heterocycles. The van der Waals surface area contributed by atoms with Crippen LogP contribution >= 0.6 is 38.6 Å². The Bertz CT molecular complexity index is 1370. The smallest absolute Gasteiger partial charge is 0.338 e. The number of hydrogen-bond acceptors (Lipinski definition) is 7. The van der Waals surface area contributed by atoms with E-state index < -0.39 is 12.0 Å². The molecule has 2 aromatic heterocycles. The molecule has 9 heteroatoms. The Balaban J connectivity index is 2.00. The van der Waals surface area contributed by atoms with Crippen LogP contribution in [0.2, 0.25) is 0 Å². The van der Waals surface area contributed by atoms with Gasteiger partial charge in [-0.2, -0.15) is 0 Å². The van der Waals surface area contributed by atoms with Gasteiger partial charge in [0.05, 0.1) is 33.3 Å². The summed E-state index contributed by atoms with van der Waals surface area (Å²) >= 11 is 6.29. The van der Waals surface area contributed by atoms with Crippen molar-refractivity contribution in [2.24, 2.45) is 4.99 Å². The summed E-state index contributed by atoms with van der Waals surface area (Å²) in [7, 11) is 1.57. The van der Waals surface area contributed by atoms with E-state index in [4.69, 9.17) is 9.47 Å². The number of thiazole rings is 1. The van der Waals surface area contributed by atoms with Gasteiger partial charge in [0.1, 0.15) is 11.8 Å². The molecule has 0 spiro atoms. The summed E-state index contributed by atoms with van der Waals surface area (Å²) in [5, 5.41) is 0. The molecule has 0 fully saturated rings. The average Bonchev–Trinajstić information content (AvgIpc) is 3.29. The van der Waals surface area contributed by atoms with E-state index in [2.05, 4.69) is 20.9 Å². The van der Waals surface area contributed by atoms with Gasteiger partial charge in [0.2, 0.25) is 0 Å². The van der Waals surface area contributed by atoms with Gasteiger partial charge in [0.15, 0.2) is 4.80 Å². The monoisotopic (exact) mass is 518 g/mol. The van der Waals surface area contributed by atoms with Gasteiger partial charge in [-0.15, -0.1) is 11.3 Å². The van der Waals surface area contributed by atoms with Gasteiger partial charge in [-0.25, -0.2) is 9.79 Å². The van der Waals surface area contributed by atoms with Crippen LogP contribution in [0.1, 0.15) is 30.3 Å². The van der Waals surface area contributed by atoms with Crippen molar-refractivity contribution in [3.63, 3.8) is 0 Å². The van der Waals surface area contributed by atoms with Gasteiger partial charge in [-0.3, -0.25) is 9.36 Å². The first-order chi connectivity index (χ1) is 14.9. The maximum Gasteiger partial charge on any atom is 0.338 e. The van der Waals surface area contributed by atoms with Crippen molar-refractivity contribution in [3.8, 4) is 5.75 Å². The highest BCUT2D eigenvalue weighted by molar-refractivity contribution is 9.11. The predicted molar refractivity (Wildman–Crippen MR) is 125 cm³/mol. The Hall–Kier alpha value is -2.49. The van der Waals surface area contributed by atoms with Crippen molar-refractivity contribution in [2.45, 2.75) is 19.9 Å². The highest BCUT2D eigenvalue weighted by Crippen LogP contribution is 2.35. The number of fused-ring (bicyclic) bond motifs is 1. The van der Waals surface area contributed by atoms with Crippen LogP contribution in [0.3, 0.4) is 0 Å². The first kappa shape index (κ1) is 21.7. The molecule has 0 saturated carbocycles. The molecule has 0 radical (unpaired) electrons. The molecule has 3 aromatic rings. The SMILES string of the molecule is CCOC(=O)C1=C(C)N=c2s/c(=C/c3ccc(Br)s3)c(=O)n2[C@@H]1c1ccccc1OC. The minimum atomic E-state index is -0.691. The molecule has 160 valence electrons. The summed E-state index contributed by atoms with van der Waals surface area (Å²) in [6.45, 7) is 3.74. The van der Waals surface area contributed by atoms with Crippen molar-refractivity contribution in [1.82, 2.24) is 4.57 Å². The van der Waals surface area contributed by atoms with Gasteiger partial charge < -0.3 is 9.47 Å². The molecule has 4 rings (SSSR count). The van der Waals surface area contributed by atoms with Crippen LogP contribution in [0, 0.1) is 0 Å². The lowest BCUT2D eigenvalue weighted by Crippen LogP contribution is -2.40. The maximum absolute atomic E-state index is 13.5. The number of carbonyl (C=O) groups is 1. The lowest BCUT2D eigenvalue weighted by atomic mass is 9.95. The minimum absolute atomic E-state index is 0.210. The fraction of sp³-hybridized carbons (Fsp3) is 0.227. The molecule has 0 N–H and O–H groups in total. The normalized spacial score (nSPS) is 16.1. The van der Waals surface area contributed by atoms with Crippen LogP contribution in [-0.4, -0.2) is 24.3 Å². The Kier molecular flexibility index (Phi) is 6.27. The average molecular weight is 519 g/mol. The number of rotatable bonds is 5. The van der Waals surface area contributed by atoms with Crippen LogP contribution in [0.15, 0.2) is 61.2 Å². The van der Waals surface area contributed by atoms with Crippen molar-refractivity contribution < 1.29 is 14.3 Å². The molecule has 0 saturated heterocycles. The molecule has 31 heavy (non-hydrogen) atoms. The zero-order valence-corrected chi connectivity index (χ0v) is 20.3. The van der Waals surface area contributed by atoms with E-state index in [-0.39, 0.29) is 12.2 Å². The highest BCUT2D eigenvalue weighted by atomic mass is 79.9. The second-order valence-corrected chi connectivity index (χ2v) is 10.2. The van der Waals surface area contributed by atoms with E-state index in [1.807, 2.05) is 42.5 Å². The molecule has 1 aliphatic heterocycles. The number of benzene rings is 1. The second kappa shape index (κ2) is 8.94. The topological polar surface area (TPSA) is 69.9 Å². The minimum Gasteiger partial charge on any atom is -0.496 e. The van der Waals surface area contributed by atoms with Crippen molar-refractivity contribution in [3.05, 3.63) is 81.6 Å². The largest absolute Gasteiger partial charge is 0.496 e. The fourth-order valence-electron chi connectivity index (χ4n) is 3.51. The first-order valence-corrected chi connectivity index (χ1v) is 11.9. The fourth-order valence-corrected chi connectivity index (χ4v) is 5.99. The molecule has 1 aliphatic rings. The number of allylic oxidation sites excluding steroid dienone is 1. The Morgan fingerprint density at radius 2 is 2.03 bits per heavy atom. The second-order valence-electron chi connectivity index (χ2n) is 6.69. The van der Waals surface area contributed by atoms with Crippen LogP contribution in [-0.2, 0) is 9.53 Å². The van der Waals surface area contributed by atoms with E-state index in [0.29, 0.717) is 31.9 Å². The molecule has 1 atom stereocenters. The predicted octanol–water partition coefficient (Wildman–Crippen LogP) is 3.63. The van der Waals surface area contributed by atoms with Gasteiger partial charge in [-0.05, 0) is 54.1 Å². The lowest BCUT2D eigenvalue weighted by molar-refractivity contribution is -0.139. The van der Waals surface area contributed by atoms with Gasteiger partial charge in [-0.1, -0.05) is 29.5 Å². The summed E-state index contributed by atoms with van der Waals surface area (Å²) in [4.78, 5) is 32.5. The van der Waals surface area contributed by atoms with E-state index in [9.17, 15) is 9.59 Å². The van der Waals surface area contributed by atoms with E-state index in [1.54, 1.807) is 25.5 Å². The van der Waals surface area contributed by atoms with Crippen molar-refractivity contribution in [1.29, 1.82) is 0 Å². The summed E-state index contributed by atoms with van der Waals surface area (Å²) in [5.74, 6) is 0.0943. The quantitative estimate of drug-likeness (QED) is 0.483. The third-order valence-electron chi connectivity index (χ3n) is 4.82. The molecule has 0 aliphatic carbocycles. The third-order valence-corrected chi connectivity index (χ3v) is 7.37. The number of hydrogen-bond donors (Lipinski definition) is 0. The number of carbonyl (C=O) groups excluding carboxylic acids is 1. The summed E-state index contributed by atoms with van der Waals surface area (Å²) in [6.07, 6.45) is 1.85. The van der Waals surface area contributed by atoms with Crippen molar-refractivity contribution in [2.75, 3.05) is 13.7 Å². The number of esters is 1. The highest BCUT2D eigenvalue weighted by Gasteiger charge is 2.34. The van der Waals surface area contributed by atoms with E-state index >= 15 is 0 Å². The molecule has 6 nitrogen and oxygen atoms in total. The van der Waals surface area contributed by atoms with Crippen LogP contribution < -0.4 is 19.6 Å². The molecular formula is C22H19BrN2O4S2. The van der Waals surface area contributed by atoms with Gasteiger partial charge in [0.25, 0.3) is 5.56 Å². The van der Waals surface area contributed by atoms with Crippen LogP contribution in [0.4, 0.5) is 0 Å². The van der Waals surface area contributed by atoms with E-state index in [1.165, 1.54) is 22.7 Å². The Labute approximate surface area is 194 Å². The van der Waals surface area contributed by atoms with Crippen LogP contribution in [0.25, 0.3) is 6.08 Å². The molecular weight excluding hydrogens is 500 g/mol. The number of methoxy groups -OCH3 is 1.